The predicted octanol–water partition coefficient (Wildman–Crippen LogP) is 1.02. The van der Waals surface area contributed by atoms with Crippen molar-refractivity contribution in [2.24, 2.45) is 5.18 Å². The molecular formula is C7H13NOSi. The first-order valence-corrected chi connectivity index (χ1v) is 4.69. The van der Waals surface area contributed by atoms with Crippen LogP contribution in [0.2, 0.25) is 5.04 Å². The van der Waals surface area contributed by atoms with Gasteiger partial charge in [-0.25, -0.2) is 0 Å². The third-order valence-corrected chi connectivity index (χ3v) is 4.12. The summed E-state index contributed by atoms with van der Waals surface area (Å²) >= 11 is 0. The Morgan fingerprint density at radius 1 is 1.80 bits per heavy atom. The van der Waals surface area contributed by atoms with Gasteiger partial charge in [-0.1, -0.05) is 17.7 Å². The van der Waals surface area contributed by atoms with E-state index in [-0.39, 0.29) is 11.1 Å². The molecule has 56 valence electrons. The van der Waals surface area contributed by atoms with Gasteiger partial charge >= 0.3 is 0 Å². The van der Waals surface area contributed by atoms with E-state index in [9.17, 15) is 4.91 Å². The summed E-state index contributed by atoms with van der Waals surface area (Å²) in [6, 6.07) is 0.0386. The third-order valence-electron chi connectivity index (χ3n) is 2.55. The monoisotopic (exact) mass is 155 g/mol. The zero-order chi connectivity index (χ0) is 7.61. The van der Waals surface area contributed by atoms with Crippen LogP contribution in [0.5, 0.6) is 0 Å². The van der Waals surface area contributed by atoms with Crippen LogP contribution < -0.4 is 0 Å². The highest BCUT2D eigenvalue weighted by Gasteiger charge is 2.36. The van der Waals surface area contributed by atoms with Gasteiger partial charge in [-0.05, 0) is 17.9 Å². The molecule has 1 rings (SSSR count). The highest BCUT2D eigenvalue weighted by Crippen LogP contribution is 2.44. The molecule has 0 heterocycles. The van der Waals surface area contributed by atoms with Crippen molar-refractivity contribution in [3.05, 3.63) is 17.6 Å². The Bertz CT molecular complexity index is 160. The molecule has 0 bridgehead atoms. The number of hydrogen-bond acceptors (Lipinski definition) is 2. The lowest BCUT2D eigenvalue weighted by atomic mass is 10.0. The maximum Gasteiger partial charge on any atom is 0.0976 e. The van der Waals surface area contributed by atoms with Gasteiger partial charge in [-0.3, -0.25) is 0 Å². The van der Waals surface area contributed by atoms with Crippen LogP contribution in [0.4, 0.5) is 0 Å². The third kappa shape index (κ3) is 1.05. The standard InChI is InChI=1S/C7H13NOSi/c1-2-7(10)5-3-4-6(7)8-9/h2,6H,1,3-5H2,10H3. The molecule has 0 N–H and O–H groups in total. The van der Waals surface area contributed by atoms with Gasteiger partial charge in [0.1, 0.15) is 0 Å². The summed E-state index contributed by atoms with van der Waals surface area (Å²) in [6.45, 7) is 3.75. The maximum atomic E-state index is 10.3. The Hall–Kier alpha value is -0.443. The average Bonchev–Trinajstić information content (AvgIpc) is 2.32. The van der Waals surface area contributed by atoms with Crippen LogP contribution in [-0.4, -0.2) is 16.3 Å². The molecule has 2 atom stereocenters. The van der Waals surface area contributed by atoms with Crippen LogP contribution in [0, 0.1) is 4.91 Å². The molecule has 1 fully saturated rings. The van der Waals surface area contributed by atoms with Gasteiger partial charge in [0, 0.05) is 10.2 Å². The normalized spacial score (nSPS) is 39.8. The second-order valence-electron chi connectivity index (χ2n) is 3.22. The quantitative estimate of drug-likeness (QED) is 0.332. The van der Waals surface area contributed by atoms with Crippen molar-refractivity contribution < 1.29 is 0 Å². The molecule has 0 radical (unpaired) electrons. The molecule has 0 aromatic rings. The largest absolute Gasteiger partial charge is 0.151 e. The Morgan fingerprint density at radius 3 is 2.90 bits per heavy atom. The SMILES string of the molecule is C=CC1([SiH3])CCCC1N=O. The maximum absolute atomic E-state index is 10.3. The molecule has 0 amide bonds. The van der Waals surface area contributed by atoms with Gasteiger partial charge < -0.3 is 0 Å². The summed E-state index contributed by atoms with van der Waals surface area (Å²) in [5.41, 5.74) is 0. The van der Waals surface area contributed by atoms with Crippen molar-refractivity contribution in [1.82, 2.24) is 0 Å². The first kappa shape index (κ1) is 7.66. The second kappa shape index (κ2) is 2.66. The lowest BCUT2D eigenvalue weighted by molar-refractivity contribution is 0.603. The number of hydrogen-bond donors (Lipinski definition) is 0. The molecule has 0 aliphatic heterocycles. The molecule has 1 aliphatic rings. The van der Waals surface area contributed by atoms with E-state index >= 15 is 0 Å². The Labute approximate surface area is 64.1 Å². The van der Waals surface area contributed by atoms with Crippen molar-refractivity contribution in [3.63, 3.8) is 0 Å². The number of rotatable bonds is 2. The summed E-state index contributed by atoms with van der Waals surface area (Å²) in [4.78, 5) is 10.3. The van der Waals surface area contributed by atoms with Gasteiger partial charge in [-0.15, -0.1) is 6.58 Å². The lowest BCUT2D eigenvalue weighted by Crippen LogP contribution is -2.18. The van der Waals surface area contributed by atoms with Crippen molar-refractivity contribution in [2.45, 2.75) is 30.3 Å². The van der Waals surface area contributed by atoms with Gasteiger partial charge in [-0.2, -0.15) is 4.91 Å². The molecule has 3 heteroatoms. The fourth-order valence-corrected chi connectivity index (χ4v) is 2.33. The molecule has 0 aromatic heterocycles. The highest BCUT2D eigenvalue weighted by atomic mass is 28.1. The van der Waals surface area contributed by atoms with Crippen LogP contribution in [-0.2, 0) is 0 Å². The minimum Gasteiger partial charge on any atom is -0.151 e. The molecule has 2 nitrogen and oxygen atoms in total. The van der Waals surface area contributed by atoms with E-state index in [1.54, 1.807) is 0 Å². The van der Waals surface area contributed by atoms with Gasteiger partial charge in [0.2, 0.25) is 0 Å². The first-order valence-electron chi connectivity index (χ1n) is 3.69. The number of nitrogens with zero attached hydrogens (tertiary/aromatic N) is 1. The summed E-state index contributed by atoms with van der Waals surface area (Å²) in [5.74, 6) is 0. The molecule has 1 aliphatic carbocycles. The Kier molecular flexibility index (Phi) is 2.04. The second-order valence-corrected chi connectivity index (χ2v) is 5.09. The molecule has 2 unspecified atom stereocenters. The molecule has 0 saturated heterocycles. The topological polar surface area (TPSA) is 29.4 Å². The van der Waals surface area contributed by atoms with E-state index in [0.717, 1.165) is 29.5 Å². The van der Waals surface area contributed by atoms with Crippen LogP contribution in [0.1, 0.15) is 19.3 Å². The molecule has 0 aromatic carbocycles. The van der Waals surface area contributed by atoms with E-state index in [1.165, 1.54) is 0 Å². The van der Waals surface area contributed by atoms with Crippen molar-refractivity contribution in [1.29, 1.82) is 0 Å². The van der Waals surface area contributed by atoms with Crippen LogP contribution >= 0.6 is 0 Å². The zero-order valence-corrected chi connectivity index (χ0v) is 8.34. The van der Waals surface area contributed by atoms with Crippen molar-refractivity contribution in [3.8, 4) is 0 Å². The van der Waals surface area contributed by atoms with Gasteiger partial charge in [0.15, 0.2) is 0 Å². The Morgan fingerprint density at radius 2 is 2.50 bits per heavy atom. The van der Waals surface area contributed by atoms with E-state index in [2.05, 4.69) is 11.8 Å². The zero-order valence-electron chi connectivity index (χ0n) is 6.34. The summed E-state index contributed by atoms with van der Waals surface area (Å²) < 4.78 is 0. The highest BCUT2D eigenvalue weighted by molar-refractivity contribution is 6.17. The smallest absolute Gasteiger partial charge is 0.0976 e. The molecule has 0 spiro atoms. The van der Waals surface area contributed by atoms with E-state index in [0.29, 0.717) is 0 Å². The van der Waals surface area contributed by atoms with E-state index < -0.39 is 0 Å². The summed E-state index contributed by atoms with van der Waals surface area (Å²) in [6.07, 6.45) is 5.17. The first-order chi connectivity index (χ1) is 4.73. The van der Waals surface area contributed by atoms with Gasteiger partial charge in [0.25, 0.3) is 0 Å². The summed E-state index contributed by atoms with van der Waals surface area (Å²) in [7, 11) is 1.01. The van der Waals surface area contributed by atoms with Crippen LogP contribution in [0.25, 0.3) is 0 Å². The van der Waals surface area contributed by atoms with Crippen LogP contribution in [0.15, 0.2) is 17.8 Å². The van der Waals surface area contributed by atoms with Crippen molar-refractivity contribution in [2.75, 3.05) is 0 Å². The van der Waals surface area contributed by atoms with Crippen molar-refractivity contribution >= 4 is 10.2 Å². The van der Waals surface area contributed by atoms with E-state index in [1.807, 2.05) is 6.08 Å². The number of nitroso groups, excluding NO2 is 1. The lowest BCUT2D eigenvalue weighted by Gasteiger charge is -2.21. The van der Waals surface area contributed by atoms with Gasteiger partial charge in [0.05, 0.1) is 6.04 Å². The minimum atomic E-state index is 0.0386. The fraction of sp³-hybridized carbons (Fsp3) is 0.714. The fourth-order valence-electron chi connectivity index (χ4n) is 1.58. The average molecular weight is 155 g/mol. The van der Waals surface area contributed by atoms with E-state index in [4.69, 9.17) is 0 Å². The summed E-state index contributed by atoms with van der Waals surface area (Å²) in [5, 5.41) is 3.25. The Balaban J connectivity index is 2.74. The minimum absolute atomic E-state index is 0.0386. The predicted molar refractivity (Wildman–Crippen MR) is 46.3 cm³/mol. The van der Waals surface area contributed by atoms with Crippen LogP contribution in [0.3, 0.4) is 0 Å². The molecule has 10 heavy (non-hydrogen) atoms. The molecule has 1 saturated carbocycles. The molecular weight excluding hydrogens is 142 g/mol.